The summed E-state index contributed by atoms with van der Waals surface area (Å²) < 4.78 is 0. The molecule has 0 fully saturated rings. The van der Waals surface area contributed by atoms with Gasteiger partial charge in [-0.1, -0.05) is 6.58 Å². The number of carboxylic acids is 1. The first-order valence-electron chi connectivity index (χ1n) is 4.42. The molecular formula is C9H16N2O3S. The van der Waals surface area contributed by atoms with Gasteiger partial charge in [-0.2, -0.15) is 11.8 Å². The Balaban J connectivity index is 4.10. The molecule has 86 valence electrons. The van der Waals surface area contributed by atoms with Crippen LogP contribution in [0.1, 0.15) is 13.3 Å². The van der Waals surface area contributed by atoms with E-state index in [0.717, 1.165) is 0 Å². The molecule has 15 heavy (non-hydrogen) atoms. The number of nitrogens with one attached hydrogen (secondary N) is 2. The molecule has 0 aromatic carbocycles. The first kappa shape index (κ1) is 13.8. The lowest BCUT2D eigenvalue weighted by Crippen LogP contribution is -2.45. The third-order valence-electron chi connectivity index (χ3n) is 1.54. The molecule has 0 saturated heterocycles. The van der Waals surface area contributed by atoms with E-state index in [2.05, 4.69) is 17.2 Å². The van der Waals surface area contributed by atoms with Crippen molar-refractivity contribution in [3.63, 3.8) is 0 Å². The van der Waals surface area contributed by atoms with Crippen molar-refractivity contribution in [3.8, 4) is 0 Å². The minimum Gasteiger partial charge on any atom is -0.480 e. The highest BCUT2D eigenvalue weighted by Crippen LogP contribution is 2.00. The van der Waals surface area contributed by atoms with E-state index in [-0.39, 0.29) is 0 Å². The molecule has 6 heteroatoms. The van der Waals surface area contributed by atoms with E-state index in [9.17, 15) is 9.59 Å². The van der Waals surface area contributed by atoms with Crippen LogP contribution < -0.4 is 10.6 Å². The van der Waals surface area contributed by atoms with Gasteiger partial charge in [0.1, 0.15) is 6.04 Å². The fraction of sp³-hybridized carbons (Fsp3) is 0.556. The van der Waals surface area contributed by atoms with Gasteiger partial charge in [0, 0.05) is 5.70 Å². The van der Waals surface area contributed by atoms with Crippen molar-refractivity contribution in [1.29, 1.82) is 0 Å². The predicted octanol–water partition coefficient (Wildman–Crippen LogP) is 1.03. The highest BCUT2D eigenvalue weighted by Gasteiger charge is 2.18. The first-order valence-corrected chi connectivity index (χ1v) is 5.81. The topological polar surface area (TPSA) is 78.4 Å². The van der Waals surface area contributed by atoms with Crippen LogP contribution in [0.15, 0.2) is 12.3 Å². The second-order valence-electron chi connectivity index (χ2n) is 3.05. The Morgan fingerprint density at radius 2 is 2.13 bits per heavy atom. The molecule has 0 rings (SSSR count). The van der Waals surface area contributed by atoms with E-state index in [0.29, 0.717) is 17.9 Å². The van der Waals surface area contributed by atoms with Gasteiger partial charge in [-0.25, -0.2) is 9.59 Å². The van der Waals surface area contributed by atoms with Crippen LogP contribution in [0.2, 0.25) is 0 Å². The van der Waals surface area contributed by atoms with Crippen LogP contribution in [0.5, 0.6) is 0 Å². The minimum absolute atomic E-state index is 0.403. The average Bonchev–Trinajstić information content (AvgIpc) is 2.10. The number of aliphatic carboxylic acids is 1. The molecule has 1 atom stereocenters. The van der Waals surface area contributed by atoms with Gasteiger partial charge in [0.25, 0.3) is 0 Å². The lowest BCUT2D eigenvalue weighted by Gasteiger charge is -2.14. The Bertz CT molecular complexity index is 256. The number of rotatable bonds is 6. The maximum absolute atomic E-state index is 11.2. The van der Waals surface area contributed by atoms with Gasteiger partial charge in [-0.15, -0.1) is 0 Å². The third kappa shape index (κ3) is 6.84. The molecule has 0 aromatic heterocycles. The molecule has 0 aliphatic carbocycles. The van der Waals surface area contributed by atoms with Crippen LogP contribution in [0, 0.1) is 0 Å². The van der Waals surface area contributed by atoms with Gasteiger partial charge in [0.2, 0.25) is 0 Å². The Kier molecular flexibility index (Phi) is 6.61. The van der Waals surface area contributed by atoms with Gasteiger partial charge in [-0.05, 0) is 25.4 Å². The van der Waals surface area contributed by atoms with Crippen molar-refractivity contribution in [2.24, 2.45) is 0 Å². The fourth-order valence-corrected chi connectivity index (χ4v) is 1.35. The van der Waals surface area contributed by atoms with Crippen LogP contribution in [-0.2, 0) is 4.79 Å². The van der Waals surface area contributed by atoms with E-state index >= 15 is 0 Å². The molecule has 0 aliphatic rings. The standard InChI is InChI=1S/C9H16N2O3S/c1-6(2)10-9(14)11-7(8(12)13)4-5-15-3/h7H,1,4-5H2,2-3H3,(H,12,13)(H2,10,11,14). The number of hydrogen-bond acceptors (Lipinski definition) is 3. The number of hydrogen-bond donors (Lipinski definition) is 3. The Morgan fingerprint density at radius 1 is 1.53 bits per heavy atom. The second kappa shape index (κ2) is 7.17. The molecule has 0 radical (unpaired) electrons. The quantitative estimate of drug-likeness (QED) is 0.639. The molecule has 0 heterocycles. The lowest BCUT2D eigenvalue weighted by molar-refractivity contribution is -0.139. The van der Waals surface area contributed by atoms with Crippen molar-refractivity contribution in [3.05, 3.63) is 12.3 Å². The van der Waals surface area contributed by atoms with Crippen LogP contribution in [-0.4, -0.2) is 35.2 Å². The van der Waals surface area contributed by atoms with Crippen LogP contribution >= 0.6 is 11.8 Å². The molecular weight excluding hydrogens is 216 g/mol. The maximum Gasteiger partial charge on any atom is 0.326 e. The number of thioether (sulfide) groups is 1. The fourth-order valence-electron chi connectivity index (χ4n) is 0.881. The van der Waals surface area contributed by atoms with Gasteiger partial charge in [0.15, 0.2) is 0 Å². The van der Waals surface area contributed by atoms with E-state index in [1.807, 2.05) is 6.26 Å². The molecule has 2 amide bonds. The maximum atomic E-state index is 11.2. The van der Waals surface area contributed by atoms with Gasteiger partial charge >= 0.3 is 12.0 Å². The Hall–Kier alpha value is -1.17. The Labute approximate surface area is 93.3 Å². The molecule has 1 unspecified atom stereocenters. The number of carbonyl (C=O) groups excluding carboxylic acids is 1. The van der Waals surface area contributed by atoms with E-state index in [4.69, 9.17) is 5.11 Å². The van der Waals surface area contributed by atoms with Crippen LogP contribution in [0.4, 0.5) is 4.79 Å². The zero-order valence-electron chi connectivity index (χ0n) is 8.87. The summed E-state index contributed by atoms with van der Waals surface area (Å²) in [6.07, 6.45) is 2.28. The summed E-state index contributed by atoms with van der Waals surface area (Å²) in [5.74, 6) is -0.342. The molecule has 3 N–H and O–H groups in total. The van der Waals surface area contributed by atoms with E-state index in [1.54, 1.807) is 6.92 Å². The third-order valence-corrected chi connectivity index (χ3v) is 2.18. The SMILES string of the molecule is C=C(C)NC(=O)NC(CCSC)C(=O)O. The Morgan fingerprint density at radius 3 is 2.53 bits per heavy atom. The lowest BCUT2D eigenvalue weighted by atomic mass is 10.2. The molecule has 0 bridgehead atoms. The van der Waals surface area contributed by atoms with Gasteiger partial charge in [-0.3, -0.25) is 0 Å². The van der Waals surface area contributed by atoms with Gasteiger partial charge < -0.3 is 15.7 Å². The van der Waals surface area contributed by atoms with Crippen molar-refractivity contribution in [2.75, 3.05) is 12.0 Å². The first-order chi connectivity index (χ1) is 6.97. The molecule has 0 aromatic rings. The highest BCUT2D eigenvalue weighted by atomic mass is 32.2. The monoisotopic (exact) mass is 232 g/mol. The molecule has 0 aliphatic heterocycles. The minimum atomic E-state index is -1.03. The second-order valence-corrected chi connectivity index (χ2v) is 4.04. The average molecular weight is 232 g/mol. The van der Waals surface area contributed by atoms with Crippen molar-refractivity contribution >= 4 is 23.8 Å². The number of carboxylic acid groups (broad SMARTS) is 1. The molecule has 0 spiro atoms. The van der Waals surface area contributed by atoms with E-state index < -0.39 is 18.0 Å². The van der Waals surface area contributed by atoms with Crippen molar-refractivity contribution < 1.29 is 14.7 Å². The summed E-state index contributed by atoms with van der Waals surface area (Å²) in [6.45, 7) is 5.11. The van der Waals surface area contributed by atoms with Crippen LogP contribution in [0.25, 0.3) is 0 Å². The van der Waals surface area contributed by atoms with E-state index in [1.165, 1.54) is 11.8 Å². The summed E-state index contributed by atoms with van der Waals surface area (Å²) in [5, 5.41) is 13.6. The number of allylic oxidation sites excluding steroid dienone is 1. The van der Waals surface area contributed by atoms with Gasteiger partial charge in [0.05, 0.1) is 0 Å². The largest absolute Gasteiger partial charge is 0.480 e. The van der Waals surface area contributed by atoms with Crippen LogP contribution in [0.3, 0.4) is 0 Å². The summed E-state index contributed by atoms with van der Waals surface area (Å²) in [5.41, 5.74) is 0.474. The summed E-state index contributed by atoms with van der Waals surface area (Å²) in [6, 6.07) is -1.38. The number of amides is 2. The number of urea groups is 1. The van der Waals surface area contributed by atoms with Crippen molar-refractivity contribution in [1.82, 2.24) is 10.6 Å². The molecule has 5 nitrogen and oxygen atoms in total. The zero-order valence-corrected chi connectivity index (χ0v) is 9.69. The number of carbonyl (C=O) groups is 2. The zero-order chi connectivity index (χ0) is 11.8. The summed E-state index contributed by atoms with van der Waals surface area (Å²) >= 11 is 1.54. The smallest absolute Gasteiger partial charge is 0.326 e. The molecule has 0 saturated carbocycles. The predicted molar refractivity (Wildman–Crippen MR) is 60.9 cm³/mol. The normalized spacial score (nSPS) is 11.6. The highest BCUT2D eigenvalue weighted by molar-refractivity contribution is 7.98. The summed E-state index contributed by atoms with van der Waals surface area (Å²) in [4.78, 5) is 21.9. The summed E-state index contributed by atoms with van der Waals surface area (Å²) in [7, 11) is 0. The van der Waals surface area contributed by atoms with Crippen molar-refractivity contribution in [2.45, 2.75) is 19.4 Å².